The number of carbonyl (C=O) groups is 1. The molecule has 0 bridgehead atoms. The zero-order valence-corrected chi connectivity index (χ0v) is 38.0. The quantitative estimate of drug-likeness (QED) is 0.0319. The van der Waals surface area contributed by atoms with Gasteiger partial charge in [0.15, 0.2) is 18.9 Å². The highest BCUT2D eigenvalue weighted by Gasteiger charge is 2.53. The first-order valence-electron chi connectivity index (χ1n) is 23.9. The third-order valence-corrected chi connectivity index (χ3v) is 12.3. The summed E-state index contributed by atoms with van der Waals surface area (Å²) < 4.78 is 34.0. The van der Waals surface area contributed by atoms with Gasteiger partial charge in [-0.2, -0.15) is 0 Å². The van der Waals surface area contributed by atoms with Gasteiger partial charge in [0.05, 0.1) is 38.6 Å². The lowest BCUT2D eigenvalue weighted by molar-refractivity contribution is -0.379. The van der Waals surface area contributed by atoms with Gasteiger partial charge in [0.25, 0.3) is 0 Å². The standard InChI is InChI=1S/C45H83NO18/c1-3-5-7-9-11-12-13-14-15-16-17-19-21-23-33(51)46-28(29(50)22-20-18-10-8-6-4-2)27-59-43-39(57)36(54)41(31(25-48)61-43)64-45-40(58)37(55)42(32(26-49)62-45)63-44-38(56)35(53)34(52)30(24-47)60-44/h12-13,28-32,34-45,47-50,52-58H,3-11,14-27H2,1-2H3,(H,46,51)/b13-12-. The van der Waals surface area contributed by atoms with Crippen molar-refractivity contribution in [3.8, 4) is 0 Å². The third-order valence-electron chi connectivity index (χ3n) is 12.3. The molecule has 64 heavy (non-hydrogen) atoms. The minimum absolute atomic E-state index is 0.256. The van der Waals surface area contributed by atoms with Crippen LogP contribution in [0, 0.1) is 0 Å². The van der Waals surface area contributed by atoms with Crippen molar-refractivity contribution >= 4 is 5.91 Å². The van der Waals surface area contributed by atoms with E-state index in [-0.39, 0.29) is 18.9 Å². The first-order chi connectivity index (χ1) is 30.8. The molecule has 0 aliphatic carbocycles. The zero-order chi connectivity index (χ0) is 47.0. The molecule has 0 aromatic carbocycles. The van der Waals surface area contributed by atoms with Crippen LogP contribution in [0.2, 0.25) is 0 Å². The summed E-state index contributed by atoms with van der Waals surface area (Å²) in [5.74, 6) is -0.260. The fourth-order valence-electron chi connectivity index (χ4n) is 8.25. The van der Waals surface area contributed by atoms with Gasteiger partial charge in [-0.25, -0.2) is 0 Å². The lowest BCUT2D eigenvalue weighted by Crippen LogP contribution is -2.66. The van der Waals surface area contributed by atoms with Crippen LogP contribution in [0.1, 0.15) is 136 Å². The molecule has 1 amide bonds. The molecular weight excluding hydrogens is 842 g/mol. The van der Waals surface area contributed by atoms with Crippen LogP contribution in [0.5, 0.6) is 0 Å². The van der Waals surface area contributed by atoms with Gasteiger partial charge in [-0.15, -0.1) is 0 Å². The van der Waals surface area contributed by atoms with Gasteiger partial charge in [-0.1, -0.05) is 103 Å². The number of ether oxygens (including phenoxy) is 6. The Morgan fingerprint density at radius 2 is 0.984 bits per heavy atom. The van der Waals surface area contributed by atoms with Crippen molar-refractivity contribution in [2.45, 2.75) is 240 Å². The molecule has 3 fully saturated rings. The van der Waals surface area contributed by atoms with Crippen molar-refractivity contribution in [1.82, 2.24) is 5.32 Å². The lowest BCUT2D eigenvalue weighted by atomic mass is 9.96. The maximum atomic E-state index is 13.1. The Hall–Kier alpha value is -1.47. The highest BCUT2D eigenvalue weighted by atomic mass is 16.8. The molecule has 3 saturated heterocycles. The van der Waals surface area contributed by atoms with E-state index >= 15 is 0 Å². The van der Waals surface area contributed by atoms with Gasteiger partial charge in [0.2, 0.25) is 5.91 Å². The SMILES string of the molecule is CCCCCC/C=C\CCCCCCCC(=O)NC(COC1OC(CO)C(OC2OC(CO)C(OC3OC(CO)C(O)C(O)C3O)C(O)C2O)C(O)C1O)C(O)CCCCCCCC. The molecule has 3 aliphatic heterocycles. The number of aliphatic hydroxyl groups excluding tert-OH is 11. The van der Waals surface area contributed by atoms with Crippen LogP contribution in [0.25, 0.3) is 0 Å². The Bertz CT molecular complexity index is 1250. The minimum atomic E-state index is -1.97. The second-order valence-electron chi connectivity index (χ2n) is 17.6. The van der Waals surface area contributed by atoms with Crippen molar-refractivity contribution in [2.75, 3.05) is 26.4 Å². The van der Waals surface area contributed by atoms with E-state index < -0.39 is 124 Å². The zero-order valence-electron chi connectivity index (χ0n) is 38.0. The fourth-order valence-corrected chi connectivity index (χ4v) is 8.25. The van der Waals surface area contributed by atoms with E-state index in [2.05, 4.69) is 31.3 Å². The molecule has 3 aliphatic rings. The van der Waals surface area contributed by atoms with Crippen LogP contribution >= 0.6 is 0 Å². The molecule has 376 valence electrons. The third kappa shape index (κ3) is 18.2. The Morgan fingerprint density at radius 3 is 1.53 bits per heavy atom. The summed E-state index contributed by atoms with van der Waals surface area (Å²) >= 11 is 0. The molecule has 0 aromatic heterocycles. The normalized spacial score (nSPS) is 34.5. The number of rotatable bonds is 32. The number of aliphatic hydroxyl groups is 11. The summed E-state index contributed by atoms with van der Waals surface area (Å²) in [6.07, 6.45) is -3.35. The second-order valence-corrected chi connectivity index (χ2v) is 17.6. The molecule has 17 unspecified atom stereocenters. The van der Waals surface area contributed by atoms with E-state index in [9.17, 15) is 61.0 Å². The lowest BCUT2D eigenvalue weighted by Gasteiger charge is -2.48. The molecule has 0 radical (unpaired) electrons. The molecule has 0 saturated carbocycles. The minimum Gasteiger partial charge on any atom is -0.394 e. The van der Waals surface area contributed by atoms with Crippen LogP contribution in [0.3, 0.4) is 0 Å². The van der Waals surface area contributed by atoms with Gasteiger partial charge in [-0.05, 0) is 38.5 Å². The van der Waals surface area contributed by atoms with E-state index in [1.54, 1.807) is 0 Å². The average molecular weight is 926 g/mol. The molecule has 12 N–H and O–H groups in total. The Balaban J connectivity index is 1.55. The molecular formula is C45H83NO18. The molecule has 19 heteroatoms. The van der Waals surface area contributed by atoms with Crippen LogP contribution < -0.4 is 5.32 Å². The van der Waals surface area contributed by atoms with Gasteiger partial charge < -0.3 is 89.9 Å². The highest BCUT2D eigenvalue weighted by Crippen LogP contribution is 2.33. The van der Waals surface area contributed by atoms with Gasteiger partial charge in [-0.3, -0.25) is 4.79 Å². The van der Waals surface area contributed by atoms with E-state index in [1.807, 2.05) is 0 Å². The van der Waals surface area contributed by atoms with E-state index in [1.165, 1.54) is 25.7 Å². The smallest absolute Gasteiger partial charge is 0.220 e. The van der Waals surface area contributed by atoms with E-state index in [4.69, 9.17) is 28.4 Å². The largest absolute Gasteiger partial charge is 0.394 e. The molecule has 0 spiro atoms. The number of amides is 1. The summed E-state index contributed by atoms with van der Waals surface area (Å²) in [5, 5.41) is 119. The maximum Gasteiger partial charge on any atom is 0.220 e. The van der Waals surface area contributed by atoms with Gasteiger partial charge in [0.1, 0.15) is 73.2 Å². The fraction of sp³-hybridized carbons (Fsp3) is 0.933. The van der Waals surface area contributed by atoms with Crippen LogP contribution in [0.15, 0.2) is 12.2 Å². The molecule has 19 nitrogen and oxygen atoms in total. The Morgan fingerprint density at radius 1 is 0.547 bits per heavy atom. The first-order valence-corrected chi connectivity index (χ1v) is 23.9. The summed E-state index contributed by atoms with van der Waals surface area (Å²) in [7, 11) is 0. The predicted molar refractivity (Wildman–Crippen MR) is 231 cm³/mol. The van der Waals surface area contributed by atoms with Crippen LogP contribution in [-0.2, 0) is 33.2 Å². The predicted octanol–water partition coefficient (Wildman–Crippen LogP) is 0.305. The summed E-state index contributed by atoms with van der Waals surface area (Å²) in [6, 6.07) is -0.882. The molecule has 17 atom stereocenters. The number of allylic oxidation sites excluding steroid dienone is 2. The molecule has 3 rings (SSSR count). The van der Waals surface area contributed by atoms with Crippen LogP contribution in [0.4, 0.5) is 0 Å². The van der Waals surface area contributed by atoms with Crippen molar-refractivity contribution in [1.29, 1.82) is 0 Å². The highest BCUT2D eigenvalue weighted by molar-refractivity contribution is 5.76. The summed E-state index contributed by atoms with van der Waals surface area (Å²) in [5.41, 5.74) is 0. The first kappa shape index (κ1) is 56.9. The maximum absolute atomic E-state index is 13.1. The number of hydrogen-bond donors (Lipinski definition) is 12. The van der Waals surface area contributed by atoms with Crippen LogP contribution in [-0.4, -0.2) is 193 Å². The van der Waals surface area contributed by atoms with Crippen molar-refractivity contribution in [3.05, 3.63) is 12.2 Å². The van der Waals surface area contributed by atoms with Crippen molar-refractivity contribution in [2.24, 2.45) is 0 Å². The number of nitrogens with one attached hydrogen (secondary N) is 1. The number of hydrogen-bond acceptors (Lipinski definition) is 18. The monoisotopic (exact) mass is 926 g/mol. The topological polar surface area (TPSA) is 307 Å². The molecule has 0 aromatic rings. The average Bonchev–Trinajstić information content (AvgIpc) is 3.29. The Labute approximate surface area is 378 Å². The second kappa shape index (κ2) is 31.6. The summed E-state index contributed by atoms with van der Waals surface area (Å²) in [6.45, 7) is 1.63. The Kier molecular flexibility index (Phi) is 28.0. The molecule has 3 heterocycles. The van der Waals surface area contributed by atoms with Gasteiger partial charge >= 0.3 is 0 Å². The van der Waals surface area contributed by atoms with E-state index in [0.29, 0.717) is 12.8 Å². The van der Waals surface area contributed by atoms with Gasteiger partial charge in [0, 0.05) is 6.42 Å². The van der Waals surface area contributed by atoms with E-state index in [0.717, 1.165) is 77.0 Å². The number of unbranched alkanes of at least 4 members (excludes halogenated alkanes) is 14. The number of carbonyl (C=O) groups excluding carboxylic acids is 1. The summed E-state index contributed by atoms with van der Waals surface area (Å²) in [4.78, 5) is 13.1. The van der Waals surface area contributed by atoms with Crippen molar-refractivity contribution in [3.63, 3.8) is 0 Å². The van der Waals surface area contributed by atoms with Crippen molar-refractivity contribution < 1.29 is 89.4 Å².